The number of hydrogen-bond acceptors (Lipinski definition) is 6. The minimum atomic E-state index is -0.107. The Labute approximate surface area is 148 Å². The average molecular weight is 353 g/mol. The second-order valence-corrected chi connectivity index (χ2v) is 6.52. The fraction of sp³-hybridized carbons (Fsp3) is 0.167. The summed E-state index contributed by atoms with van der Waals surface area (Å²) in [7, 11) is 0. The third-order valence-corrected chi connectivity index (χ3v) is 4.70. The number of amides is 1. The van der Waals surface area contributed by atoms with E-state index < -0.39 is 0 Å². The van der Waals surface area contributed by atoms with Gasteiger partial charge in [0, 0.05) is 11.0 Å². The van der Waals surface area contributed by atoms with Crippen LogP contribution in [0.3, 0.4) is 0 Å². The third kappa shape index (κ3) is 3.46. The number of carbonyl (C=O) groups excluding carboxylic acids is 1. The van der Waals surface area contributed by atoms with Crippen LogP contribution in [0.5, 0.6) is 11.5 Å². The smallest absolute Gasteiger partial charge is 0.251 e. The molecule has 0 aliphatic carbocycles. The molecule has 1 amide bonds. The summed E-state index contributed by atoms with van der Waals surface area (Å²) in [6.45, 7) is 1.17. The molecule has 0 spiro atoms. The van der Waals surface area contributed by atoms with Gasteiger partial charge in [-0.2, -0.15) is 10.2 Å². The topological polar surface area (TPSA) is 63.5 Å². The van der Waals surface area contributed by atoms with E-state index in [1.165, 1.54) is 0 Å². The summed E-state index contributed by atoms with van der Waals surface area (Å²) in [6, 6.07) is 9.57. The summed E-state index contributed by atoms with van der Waals surface area (Å²) in [5.41, 5.74) is 1.68. The van der Waals surface area contributed by atoms with Crippen molar-refractivity contribution < 1.29 is 14.3 Å². The molecule has 6 nitrogen and oxygen atoms in total. The van der Waals surface area contributed by atoms with Crippen LogP contribution in [0.1, 0.15) is 10.4 Å². The maximum absolute atomic E-state index is 12.7. The van der Waals surface area contributed by atoms with Crippen LogP contribution in [0.25, 0.3) is 6.08 Å². The molecule has 2 aliphatic rings. The first kappa shape index (κ1) is 15.6. The number of rotatable bonds is 5. The van der Waals surface area contributed by atoms with Crippen molar-refractivity contribution in [3.8, 4) is 11.5 Å². The summed E-state index contributed by atoms with van der Waals surface area (Å²) < 4.78 is 10.7. The van der Waals surface area contributed by atoms with Crippen LogP contribution < -0.4 is 9.47 Å². The molecule has 1 aromatic heterocycles. The highest BCUT2D eigenvalue weighted by Gasteiger charge is 2.19. The van der Waals surface area contributed by atoms with E-state index in [2.05, 4.69) is 10.2 Å². The molecular weight excluding hydrogens is 338 g/mol. The van der Waals surface area contributed by atoms with Crippen molar-refractivity contribution >= 4 is 23.3 Å². The fourth-order valence-electron chi connectivity index (χ4n) is 2.57. The van der Waals surface area contributed by atoms with Crippen molar-refractivity contribution in [2.75, 3.05) is 13.3 Å². The zero-order valence-electron chi connectivity index (χ0n) is 13.3. The van der Waals surface area contributed by atoms with Crippen LogP contribution in [-0.2, 0) is 11.3 Å². The van der Waals surface area contributed by atoms with Crippen LogP contribution in [-0.4, -0.2) is 24.1 Å². The van der Waals surface area contributed by atoms with E-state index in [0.29, 0.717) is 18.8 Å². The normalized spacial score (nSPS) is 15.0. The van der Waals surface area contributed by atoms with Crippen molar-refractivity contribution in [1.29, 1.82) is 0 Å². The Morgan fingerprint density at radius 3 is 3.00 bits per heavy atom. The SMILES string of the molecule is O=C(/C=C/c1ccc2c(c1)OCO2)N(Cc1cccs1)C1=CN=NC1. The van der Waals surface area contributed by atoms with Crippen LogP contribution in [0.15, 0.2) is 63.9 Å². The van der Waals surface area contributed by atoms with Gasteiger partial charge in [0.15, 0.2) is 11.5 Å². The van der Waals surface area contributed by atoms with Crippen molar-refractivity contribution in [2.45, 2.75) is 6.54 Å². The fourth-order valence-corrected chi connectivity index (χ4v) is 3.26. The molecular formula is C18H15N3O3S. The molecule has 2 aliphatic heterocycles. The monoisotopic (exact) mass is 353 g/mol. The van der Waals surface area contributed by atoms with Gasteiger partial charge >= 0.3 is 0 Å². The van der Waals surface area contributed by atoms with Gasteiger partial charge in [-0.05, 0) is 35.2 Å². The number of azo groups is 1. The van der Waals surface area contributed by atoms with Crippen molar-refractivity contribution in [3.05, 3.63) is 64.1 Å². The molecule has 0 N–H and O–H groups in total. The Bertz CT molecular complexity index is 872. The van der Waals surface area contributed by atoms with E-state index in [0.717, 1.165) is 21.9 Å². The molecule has 0 saturated carbocycles. The first-order valence-electron chi connectivity index (χ1n) is 7.77. The molecule has 0 saturated heterocycles. The Morgan fingerprint density at radius 2 is 2.20 bits per heavy atom. The van der Waals surface area contributed by atoms with E-state index in [1.807, 2.05) is 35.7 Å². The molecule has 25 heavy (non-hydrogen) atoms. The lowest BCUT2D eigenvalue weighted by Crippen LogP contribution is -2.28. The molecule has 1 aromatic carbocycles. The van der Waals surface area contributed by atoms with Crippen LogP contribution >= 0.6 is 11.3 Å². The summed E-state index contributed by atoms with van der Waals surface area (Å²) >= 11 is 1.62. The summed E-state index contributed by atoms with van der Waals surface area (Å²) in [5.74, 6) is 1.31. The predicted octanol–water partition coefficient (Wildman–Crippen LogP) is 3.83. The van der Waals surface area contributed by atoms with Gasteiger partial charge in [-0.3, -0.25) is 4.79 Å². The minimum Gasteiger partial charge on any atom is -0.454 e. The van der Waals surface area contributed by atoms with E-state index in [9.17, 15) is 4.79 Å². The summed E-state index contributed by atoms with van der Waals surface area (Å²) in [4.78, 5) is 15.5. The maximum atomic E-state index is 12.7. The second kappa shape index (κ2) is 6.90. The highest BCUT2D eigenvalue weighted by Crippen LogP contribution is 2.32. The molecule has 7 heteroatoms. The van der Waals surface area contributed by atoms with Gasteiger partial charge in [0.2, 0.25) is 6.79 Å². The molecule has 0 bridgehead atoms. The zero-order valence-corrected chi connectivity index (χ0v) is 14.1. The van der Waals surface area contributed by atoms with Crippen molar-refractivity contribution in [2.24, 2.45) is 10.2 Å². The van der Waals surface area contributed by atoms with E-state index >= 15 is 0 Å². The quantitative estimate of drug-likeness (QED) is 0.768. The number of fused-ring (bicyclic) bond motifs is 1. The average Bonchev–Trinajstić information content (AvgIpc) is 3.39. The number of thiophene rings is 1. The highest BCUT2D eigenvalue weighted by atomic mass is 32.1. The first-order chi connectivity index (χ1) is 12.3. The van der Waals surface area contributed by atoms with Crippen molar-refractivity contribution in [1.82, 2.24) is 4.90 Å². The van der Waals surface area contributed by atoms with Gasteiger partial charge in [-0.15, -0.1) is 11.3 Å². The predicted molar refractivity (Wildman–Crippen MR) is 94.3 cm³/mol. The Hall–Kier alpha value is -2.93. The molecule has 0 radical (unpaired) electrons. The molecule has 3 heterocycles. The maximum Gasteiger partial charge on any atom is 0.251 e. The Balaban J connectivity index is 1.51. The van der Waals surface area contributed by atoms with Gasteiger partial charge in [-0.25, -0.2) is 0 Å². The molecule has 126 valence electrons. The van der Waals surface area contributed by atoms with Crippen LogP contribution in [0.2, 0.25) is 0 Å². The summed E-state index contributed by atoms with van der Waals surface area (Å²) in [5, 5.41) is 9.81. The number of nitrogens with zero attached hydrogens (tertiary/aromatic N) is 3. The number of hydrogen-bond donors (Lipinski definition) is 0. The molecule has 2 aromatic rings. The van der Waals surface area contributed by atoms with Gasteiger partial charge < -0.3 is 14.4 Å². The van der Waals surface area contributed by atoms with Crippen molar-refractivity contribution in [3.63, 3.8) is 0 Å². The van der Waals surface area contributed by atoms with Gasteiger partial charge in [0.25, 0.3) is 5.91 Å². The number of benzene rings is 1. The third-order valence-electron chi connectivity index (χ3n) is 3.84. The Morgan fingerprint density at radius 1 is 1.28 bits per heavy atom. The van der Waals surface area contributed by atoms with E-state index in [-0.39, 0.29) is 12.7 Å². The van der Waals surface area contributed by atoms with Crippen LogP contribution in [0.4, 0.5) is 0 Å². The first-order valence-corrected chi connectivity index (χ1v) is 8.65. The lowest BCUT2D eigenvalue weighted by molar-refractivity contribution is -0.124. The van der Waals surface area contributed by atoms with Crippen LogP contribution in [0, 0.1) is 0 Å². The zero-order chi connectivity index (χ0) is 17.1. The number of carbonyl (C=O) groups is 1. The molecule has 0 fully saturated rings. The second-order valence-electron chi connectivity index (χ2n) is 5.49. The standard InChI is InChI=1S/C18H15N3O3S/c22-18(6-4-13-3-5-16-17(8-13)24-12-23-16)21(14-9-19-20-10-14)11-15-2-1-7-25-15/h1-9H,10-12H2/b6-4+. The molecule has 0 atom stereocenters. The highest BCUT2D eigenvalue weighted by molar-refractivity contribution is 7.09. The number of ether oxygens (including phenoxy) is 2. The summed E-state index contributed by atoms with van der Waals surface area (Å²) in [6.07, 6.45) is 4.97. The molecule has 0 unspecified atom stereocenters. The largest absolute Gasteiger partial charge is 0.454 e. The van der Waals surface area contributed by atoms with Gasteiger partial charge in [0.05, 0.1) is 18.4 Å². The van der Waals surface area contributed by atoms with Gasteiger partial charge in [-0.1, -0.05) is 12.1 Å². The lowest BCUT2D eigenvalue weighted by Gasteiger charge is -2.20. The van der Waals surface area contributed by atoms with E-state index in [4.69, 9.17) is 9.47 Å². The minimum absolute atomic E-state index is 0.107. The van der Waals surface area contributed by atoms with E-state index in [1.54, 1.807) is 34.6 Å². The Kier molecular flexibility index (Phi) is 4.30. The molecule has 4 rings (SSSR count). The lowest BCUT2D eigenvalue weighted by atomic mass is 10.2. The van der Waals surface area contributed by atoms with Gasteiger partial charge in [0.1, 0.15) is 6.54 Å².